The maximum atomic E-state index is 13.7. The van der Waals surface area contributed by atoms with Gasteiger partial charge in [0.15, 0.2) is 19.2 Å². The molecule has 21 heteroatoms. The first-order chi connectivity index (χ1) is 22.2. The Morgan fingerprint density at radius 1 is 1.17 bits per heavy atom. The zero-order valence-corrected chi connectivity index (χ0v) is 31.1. The number of amides is 3. The van der Waals surface area contributed by atoms with E-state index in [0.29, 0.717) is 5.57 Å². The molecule has 1 saturated heterocycles. The fourth-order valence-corrected chi connectivity index (χ4v) is 7.27. The molecular weight excluding hydrogens is 704 g/mol. The Bertz CT molecular complexity index is 1500. The lowest BCUT2D eigenvalue weighted by atomic mass is 10.0. The number of aromatic nitrogens is 1. The minimum absolute atomic E-state index is 0.0475. The van der Waals surface area contributed by atoms with Crippen molar-refractivity contribution in [2.45, 2.75) is 82.8 Å². The van der Waals surface area contributed by atoms with Crippen LogP contribution in [0.1, 0.15) is 47.2 Å². The summed E-state index contributed by atoms with van der Waals surface area (Å²) in [5.41, 5.74) is -0.982. The van der Waals surface area contributed by atoms with Crippen LogP contribution in [0.25, 0.3) is 0 Å². The number of anilines is 1. The lowest BCUT2D eigenvalue weighted by Crippen LogP contribution is -2.71. The van der Waals surface area contributed by atoms with Crippen molar-refractivity contribution in [1.82, 2.24) is 15.2 Å². The third kappa shape index (κ3) is 9.34. The molecule has 0 aliphatic carbocycles. The minimum Gasteiger partial charge on any atom is -0.541 e. The van der Waals surface area contributed by atoms with Gasteiger partial charge < -0.3 is 28.6 Å². The van der Waals surface area contributed by atoms with Crippen molar-refractivity contribution >= 4 is 99.8 Å². The van der Waals surface area contributed by atoms with Gasteiger partial charge in [-0.1, -0.05) is 25.9 Å². The monoisotopic (exact) mass is 739 g/mol. The molecule has 0 aromatic carbocycles. The normalized spacial score (nSPS) is 19.1. The molecule has 3 heterocycles. The summed E-state index contributed by atoms with van der Waals surface area (Å²) in [5.74, 6) is -3.32. The van der Waals surface area contributed by atoms with E-state index in [0.717, 1.165) is 16.2 Å². The second kappa shape index (κ2) is 15.7. The number of alkyl halides is 1. The van der Waals surface area contributed by atoms with Crippen LogP contribution in [0.2, 0.25) is 18.1 Å². The molecule has 2 aliphatic rings. The maximum absolute atomic E-state index is 13.7. The van der Waals surface area contributed by atoms with E-state index < -0.39 is 67.0 Å². The molecule has 3 amide bonds. The molecule has 2 aliphatic heterocycles. The average Bonchev–Trinajstić information content (AvgIpc) is 3.45. The molecule has 0 unspecified atom stereocenters. The predicted molar refractivity (Wildman–Crippen MR) is 183 cm³/mol. The third-order valence-corrected chi connectivity index (χ3v) is 14.3. The van der Waals surface area contributed by atoms with Crippen molar-refractivity contribution in [3.8, 4) is 0 Å². The van der Waals surface area contributed by atoms with Crippen molar-refractivity contribution < 1.29 is 47.3 Å². The Morgan fingerprint density at radius 3 is 2.40 bits per heavy atom. The fraction of sp³-hybridized carbons (Fsp3) is 0.593. The summed E-state index contributed by atoms with van der Waals surface area (Å²) in [6.07, 6.45) is -2.27. The average molecular weight is 740 g/mol. The zero-order chi connectivity index (χ0) is 36.2. The zero-order valence-electron chi connectivity index (χ0n) is 27.7. The smallest absolute Gasteiger partial charge is 0.413 e. The topological polar surface area (TPSA) is 184 Å². The summed E-state index contributed by atoms with van der Waals surface area (Å²) >= 11 is 8.18. The molecule has 2 N–H and O–H groups in total. The molecule has 1 aromatic rings. The number of thioether (sulfide) groups is 1. The standard InChI is InChI=1S/C27H36B2ClN5O10S2Si/c1-26(2,3)42-25(40)33-24-31-14(12-47-24)16(34-45-15(22(38)43-28)10-41-48(7,8)27(4,5)6)19(36)32-17-20(37)35-18(23(39)44-29)13(9-30)11-46-21(17)35/h12,15,17,21H,9-11H2,1-8H3,(H,32,36)(H,31,33,40)/b34-16-/t15-,17+,21+/m0/s1. The van der Waals surface area contributed by atoms with E-state index >= 15 is 0 Å². The molecule has 15 nitrogen and oxygen atoms in total. The first-order valence-electron chi connectivity index (χ1n) is 14.4. The number of β-lactam (4-membered cyclic amide) rings is 1. The highest BCUT2D eigenvalue weighted by molar-refractivity contribution is 8.00. The molecule has 3 atom stereocenters. The SMILES string of the molecule is [B]OC(=O)C1=C(CCl)CS[C@@H]2[C@H](NC(=O)/C(=N\O[C@@H](CO[Si](C)(C)C(C)(C)C)C(=O)O[B])c3csc(NC(=O)OC(C)(C)C)n3)C(=O)N12. The Labute approximate surface area is 295 Å². The van der Waals surface area contributed by atoms with Gasteiger partial charge in [0.25, 0.3) is 11.8 Å². The number of hydrogen-bond donors (Lipinski definition) is 2. The van der Waals surface area contributed by atoms with Gasteiger partial charge >= 0.3 is 34.1 Å². The highest BCUT2D eigenvalue weighted by atomic mass is 35.5. The molecule has 48 heavy (non-hydrogen) atoms. The van der Waals surface area contributed by atoms with Gasteiger partial charge in [0.1, 0.15) is 28.4 Å². The van der Waals surface area contributed by atoms with E-state index in [2.05, 4.69) is 30.1 Å². The molecule has 1 fully saturated rings. The van der Waals surface area contributed by atoms with Gasteiger partial charge in [-0.3, -0.25) is 19.8 Å². The van der Waals surface area contributed by atoms with Crippen LogP contribution in [0, 0.1) is 0 Å². The van der Waals surface area contributed by atoms with Crippen molar-refractivity contribution in [2.75, 3.05) is 23.6 Å². The van der Waals surface area contributed by atoms with Gasteiger partial charge in [-0.2, -0.15) is 0 Å². The van der Waals surface area contributed by atoms with E-state index in [-0.39, 0.29) is 39.8 Å². The predicted octanol–water partition coefficient (Wildman–Crippen LogP) is 2.75. The third-order valence-electron chi connectivity index (χ3n) is 7.42. The number of rotatable bonds is 12. The van der Waals surface area contributed by atoms with E-state index in [1.54, 1.807) is 20.8 Å². The summed E-state index contributed by atoms with van der Waals surface area (Å²) in [7, 11) is 7.83. The number of oxime groups is 1. The Hall–Kier alpha value is -3.06. The second-order valence-corrected chi connectivity index (χ2v) is 20.1. The van der Waals surface area contributed by atoms with Crippen molar-refractivity contribution in [2.24, 2.45) is 5.16 Å². The van der Waals surface area contributed by atoms with Crippen LogP contribution in [0.15, 0.2) is 21.8 Å². The number of nitrogens with zero attached hydrogens (tertiary/aromatic N) is 3. The number of carbonyl (C=O) groups excluding carboxylic acids is 5. The molecule has 1 aromatic heterocycles. The van der Waals surface area contributed by atoms with Gasteiger partial charge in [0.2, 0.25) is 6.10 Å². The Morgan fingerprint density at radius 2 is 1.83 bits per heavy atom. The molecule has 0 saturated carbocycles. The van der Waals surface area contributed by atoms with E-state index in [9.17, 15) is 24.0 Å². The molecule has 4 radical (unpaired) electrons. The minimum atomic E-state index is -2.38. The van der Waals surface area contributed by atoms with Crippen LogP contribution >= 0.6 is 34.7 Å². The molecule has 258 valence electrons. The van der Waals surface area contributed by atoms with Gasteiger partial charge in [0.05, 0.1) is 6.61 Å². The lowest BCUT2D eigenvalue weighted by molar-refractivity contribution is -0.149. The summed E-state index contributed by atoms with van der Waals surface area (Å²) in [4.78, 5) is 75.0. The molecular formula is C27H36B2ClN5O10S2Si. The van der Waals surface area contributed by atoms with Crippen LogP contribution in [-0.2, 0) is 42.5 Å². The van der Waals surface area contributed by atoms with E-state index in [1.165, 1.54) is 17.1 Å². The summed E-state index contributed by atoms with van der Waals surface area (Å²) < 4.78 is 20.1. The number of nitrogens with one attached hydrogen (secondary N) is 2. The van der Waals surface area contributed by atoms with Crippen molar-refractivity contribution in [3.63, 3.8) is 0 Å². The van der Waals surface area contributed by atoms with Crippen LogP contribution in [0.3, 0.4) is 0 Å². The molecule has 0 spiro atoms. The maximum Gasteiger partial charge on any atom is 0.413 e. The van der Waals surface area contributed by atoms with Gasteiger partial charge in [0, 0.05) is 17.0 Å². The first-order valence-corrected chi connectivity index (χ1v) is 19.8. The van der Waals surface area contributed by atoms with Crippen LogP contribution in [-0.4, -0.2) is 111 Å². The summed E-state index contributed by atoms with van der Waals surface area (Å²) in [5, 5.41) is 9.52. The number of carbonyl (C=O) groups is 5. The Kier molecular flexibility index (Phi) is 12.8. The van der Waals surface area contributed by atoms with Gasteiger partial charge in [-0.15, -0.1) is 34.7 Å². The van der Waals surface area contributed by atoms with Gasteiger partial charge in [-0.25, -0.2) is 19.4 Å². The summed E-state index contributed by atoms with van der Waals surface area (Å²) in [6.45, 7) is 14.7. The highest BCUT2D eigenvalue weighted by Crippen LogP contribution is 2.41. The highest BCUT2D eigenvalue weighted by Gasteiger charge is 2.54. The number of hydrogen-bond acceptors (Lipinski definition) is 14. The van der Waals surface area contributed by atoms with Gasteiger partial charge in [-0.05, 0) is 44.5 Å². The number of ether oxygens (including phenoxy) is 1. The number of halogens is 1. The van der Waals surface area contributed by atoms with Crippen LogP contribution in [0.5, 0.6) is 0 Å². The van der Waals surface area contributed by atoms with Crippen LogP contribution in [0.4, 0.5) is 9.93 Å². The van der Waals surface area contributed by atoms with E-state index in [4.69, 9.17) is 41.7 Å². The number of thiazole rings is 1. The molecule has 0 bridgehead atoms. The lowest BCUT2D eigenvalue weighted by Gasteiger charge is -2.49. The fourth-order valence-electron chi connectivity index (χ4n) is 3.91. The largest absolute Gasteiger partial charge is 0.541 e. The van der Waals surface area contributed by atoms with Crippen molar-refractivity contribution in [1.29, 1.82) is 0 Å². The second-order valence-electron chi connectivity index (χ2n) is 13.1. The van der Waals surface area contributed by atoms with E-state index in [1.807, 2.05) is 33.9 Å². The van der Waals surface area contributed by atoms with Crippen molar-refractivity contribution in [3.05, 3.63) is 22.3 Å². The first kappa shape index (κ1) is 39.4. The number of fused-ring (bicyclic) bond motifs is 1. The molecule has 3 rings (SSSR count). The Balaban J connectivity index is 1.91. The quantitative estimate of drug-likeness (QED) is 0.105. The van der Waals surface area contributed by atoms with Crippen LogP contribution < -0.4 is 10.6 Å². The summed E-state index contributed by atoms with van der Waals surface area (Å²) in [6, 6.07) is -1.12.